The van der Waals surface area contributed by atoms with Gasteiger partial charge < -0.3 is 14.7 Å². The molecule has 130 valence electrons. The van der Waals surface area contributed by atoms with Gasteiger partial charge in [-0.15, -0.1) is 0 Å². The van der Waals surface area contributed by atoms with Crippen LogP contribution in [0.3, 0.4) is 0 Å². The Bertz CT molecular complexity index is 820. The van der Waals surface area contributed by atoms with Gasteiger partial charge in [-0.3, -0.25) is 9.59 Å². The first kappa shape index (κ1) is 17.0. The smallest absolute Gasteiger partial charge is 0.312 e. The Labute approximate surface area is 146 Å². The minimum absolute atomic E-state index is 0.158. The highest BCUT2D eigenvalue weighted by Crippen LogP contribution is 2.31. The first-order valence-electron chi connectivity index (χ1n) is 8.17. The Morgan fingerprint density at radius 1 is 1.16 bits per heavy atom. The predicted molar refractivity (Wildman–Crippen MR) is 94.0 cm³/mol. The number of hydrogen-bond acceptors (Lipinski definition) is 3. The second kappa shape index (κ2) is 6.59. The van der Waals surface area contributed by atoms with E-state index in [1.54, 1.807) is 24.1 Å². The SMILES string of the molecule is COc1c(C)cc(C(=O)N2Cc3ccccc3C(C(=O)O)C2)cc1C. The number of carboxylic acids is 1. The number of hydrogen-bond donors (Lipinski definition) is 1. The fourth-order valence-electron chi connectivity index (χ4n) is 3.55. The molecule has 0 bridgehead atoms. The van der Waals surface area contributed by atoms with Crippen molar-refractivity contribution in [1.82, 2.24) is 4.90 Å². The van der Waals surface area contributed by atoms with Crippen molar-refractivity contribution in [3.63, 3.8) is 0 Å². The van der Waals surface area contributed by atoms with E-state index < -0.39 is 11.9 Å². The highest BCUT2D eigenvalue weighted by molar-refractivity contribution is 5.95. The van der Waals surface area contributed by atoms with Crippen LogP contribution in [-0.2, 0) is 11.3 Å². The van der Waals surface area contributed by atoms with Crippen LogP contribution in [0.15, 0.2) is 36.4 Å². The van der Waals surface area contributed by atoms with Gasteiger partial charge in [0.05, 0.1) is 13.0 Å². The van der Waals surface area contributed by atoms with E-state index >= 15 is 0 Å². The average molecular weight is 339 g/mol. The lowest BCUT2D eigenvalue weighted by Crippen LogP contribution is -2.40. The molecule has 1 unspecified atom stereocenters. The third-order valence-corrected chi connectivity index (χ3v) is 4.69. The second-order valence-electron chi connectivity index (χ2n) is 6.42. The number of nitrogens with zero attached hydrogens (tertiary/aromatic N) is 1. The third-order valence-electron chi connectivity index (χ3n) is 4.69. The first-order valence-corrected chi connectivity index (χ1v) is 8.17. The van der Waals surface area contributed by atoms with Gasteiger partial charge in [-0.1, -0.05) is 24.3 Å². The van der Waals surface area contributed by atoms with Crippen molar-refractivity contribution in [3.05, 3.63) is 64.2 Å². The molecular formula is C20H21NO4. The van der Waals surface area contributed by atoms with Crippen molar-refractivity contribution in [2.45, 2.75) is 26.3 Å². The highest BCUT2D eigenvalue weighted by Gasteiger charge is 2.32. The van der Waals surface area contributed by atoms with Gasteiger partial charge in [0.15, 0.2) is 0 Å². The van der Waals surface area contributed by atoms with Crippen LogP contribution >= 0.6 is 0 Å². The summed E-state index contributed by atoms with van der Waals surface area (Å²) >= 11 is 0. The molecule has 5 nitrogen and oxygen atoms in total. The van der Waals surface area contributed by atoms with Crippen LogP contribution in [0, 0.1) is 13.8 Å². The standard InChI is InChI=1S/C20H21NO4/c1-12-8-15(9-13(2)18(12)25-3)19(22)21-10-14-6-4-5-7-16(14)17(11-21)20(23)24/h4-9,17H,10-11H2,1-3H3,(H,23,24). The molecular weight excluding hydrogens is 318 g/mol. The van der Waals surface area contributed by atoms with E-state index in [0.29, 0.717) is 12.1 Å². The van der Waals surface area contributed by atoms with E-state index in [4.69, 9.17) is 4.74 Å². The van der Waals surface area contributed by atoms with Crippen molar-refractivity contribution in [1.29, 1.82) is 0 Å². The number of carbonyl (C=O) groups is 2. The van der Waals surface area contributed by atoms with Crippen LogP contribution in [0.2, 0.25) is 0 Å². The third kappa shape index (κ3) is 3.09. The molecule has 0 aromatic heterocycles. The van der Waals surface area contributed by atoms with Gasteiger partial charge in [-0.2, -0.15) is 0 Å². The van der Waals surface area contributed by atoms with Crippen LogP contribution < -0.4 is 4.74 Å². The van der Waals surface area contributed by atoms with Gasteiger partial charge >= 0.3 is 5.97 Å². The average Bonchev–Trinajstić information content (AvgIpc) is 2.59. The lowest BCUT2D eigenvalue weighted by molar-refractivity contribution is -0.139. The van der Waals surface area contributed by atoms with Gasteiger partial charge in [-0.25, -0.2) is 0 Å². The van der Waals surface area contributed by atoms with Gasteiger partial charge in [0.2, 0.25) is 0 Å². The first-order chi connectivity index (χ1) is 11.9. The summed E-state index contributed by atoms with van der Waals surface area (Å²) in [6, 6.07) is 11.0. The molecule has 0 saturated heterocycles. The van der Waals surface area contributed by atoms with E-state index in [9.17, 15) is 14.7 Å². The zero-order valence-electron chi connectivity index (χ0n) is 14.6. The summed E-state index contributed by atoms with van der Waals surface area (Å²) in [7, 11) is 1.61. The molecule has 0 spiro atoms. The molecule has 1 aliphatic rings. The summed E-state index contributed by atoms with van der Waals surface area (Å²) in [6.07, 6.45) is 0. The number of amides is 1. The van der Waals surface area contributed by atoms with Crippen molar-refractivity contribution in [3.8, 4) is 5.75 Å². The predicted octanol–water partition coefficient (Wildman–Crippen LogP) is 3.14. The summed E-state index contributed by atoms with van der Waals surface area (Å²) in [6.45, 7) is 4.39. The molecule has 1 N–H and O–H groups in total. The summed E-state index contributed by atoms with van der Waals surface area (Å²) < 4.78 is 5.35. The minimum Gasteiger partial charge on any atom is -0.496 e. The Balaban J connectivity index is 1.95. The molecule has 1 amide bonds. The molecule has 2 aromatic carbocycles. The zero-order valence-corrected chi connectivity index (χ0v) is 14.6. The molecule has 0 saturated carbocycles. The molecule has 1 aliphatic heterocycles. The number of carbonyl (C=O) groups excluding carboxylic acids is 1. The van der Waals surface area contributed by atoms with E-state index in [-0.39, 0.29) is 12.5 Å². The van der Waals surface area contributed by atoms with Crippen molar-refractivity contribution >= 4 is 11.9 Å². The van der Waals surface area contributed by atoms with Crippen LogP contribution in [0.25, 0.3) is 0 Å². The lowest BCUT2D eigenvalue weighted by atomic mass is 9.89. The maximum atomic E-state index is 13.0. The Hall–Kier alpha value is -2.82. The Morgan fingerprint density at radius 3 is 2.40 bits per heavy atom. The van der Waals surface area contributed by atoms with Gasteiger partial charge in [0.25, 0.3) is 5.91 Å². The molecule has 25 heavy (non-hydrogen) atoms. The van der Waals surface area contributed by atoms with Gasteiger partial charge in [0, 0.05) is 18.7 Å². The molecule has 0 fully saturated rings. The second-order valence-corrected chi connectivity index (χ2v) is 6.42. The summed E-state index contributed by atoms with van der Waals surface area (Å²) in [4.78, 5) is 26.2. The number of rotatable bonds is 3. The Kier molecular flexibility index (Phi) is 4.49. The van der Waals surface area contributed by atoms with Crippen molar-refractivity contribution in [2.24, 2.45) is 0 Å². The summed E-state index contributed by atoms with van der Waals surface area (Å²) in [5.74, 6) is -1.00. The molecule has 3 rings (SSSR count). The van der Waals surface area contributed by atoms with E-state index in [1.165, 1.54) is 0 Å². The summed E-state index contributed by atoms with van der Waals surface area (Å²) in [5.41, 5.74) is 4.01. The number of carboxylic acid groups (broad SMARTS) is 1. The number of methoxy groups -OCH3 is 1. The van der Waals surface area contributed by atoms with Crippen molar-refractivity contribution in [2.75, 3.05) is 13.7 Å². The fourth-order valence-corrected chi connectivity index (χ4v) is 3.55. The molecule has 0 radical (unpaired) electrons. The maximum Gasteiger partial charge on any atom is 0.312 e. The summed E-state index contributed by atoms with van der Waals surface area (Å²) in [5, 5.41) is 9.56. The van der Waals surface area contributed by atoms with E-state index in [2.05, 4.69) is 0 Å². The molecule has 0 aliphatic carbocycles. The van der Waals surface area contributed by atoms with Crippen molar-refractivity contribution < 1.29 is 19.4 Å². The van der Waals surface area contributed by atoms with Crippen LogP contribution in [0.1, 0.15) is 38.5 Å². The number of aliphatic carboxylic acids is 1. The van der Waals surface area contributed by atoms with Gasteiger partial charge in [-0.05, 0) is 48.2 Å². The normalized spacial score (nSPS) is 16.3. The zero-order chi connectivity index (χ0) is 18.1. The maximum absolute atomic E-state index is 13.0. The van der Waals surface area contributed by atoms with Gasteiger partial charge in [0.1, 0.15) is 5.75 Å². The quantitative estimate of drug-likeness (QED) is 0.933. The van der Waals surface area contributed by atoms with E-state index in [0.717, 1.165) is 28.0 Å². The molecule has 1 atom stereocenters. The largest absolute Gasteiger partial charge is 0.496 e. The minimum atomic E-state index is -0.910. The number of ether oxygens (including phenoxy) is 1. The van der Waals surface area contributed by atoms with Crippen LogP contribution in [-0.4, -0.2) is 35.5 Å². The fraction of sp³-hybridized carbons (Fsp3) is 0.300. The van der Waals surface area contributed by atoms with Crippen LogP contribution in [0.4, 0.5) is 0 Å². The van der Waals surface area contributed by atoms with E-state index in [1.807, 2.05) is 38.1 Å². The topological polar surface area (TPSA) is 66.8 Å². The monoisotopic (exact) mass is 339 g/mol. The highest BCUT2D eigenvalue weighted by atomic mass is 16.5. The lowest BCUT2D eigenvalue weighted by Gasteiger charge is -2.33. The number of fused-ring (bicyclic) bond motifs is 1. The molecule has 2 aromatic rings. The number of benzene rings is 2. The molecule has 1 heterocycles. The Morgan fingerprint density at radius 2 is 1.80 bits per heavy atom. The molecule has 5 heteroatoms. The number of aryl methyl sites for hydroxylation is 2. The van der Waals surface area contributed by atoms with Crippen LogP contribution in [0.5, 0.6) is 5.75 Å².